The summed E-state index contributed by atoms with van der Waals surface area (Å²) in [5.41, 5.74) is 4.76. The Morgan fingerprint density at radius 2 is 1.77 bits per heavy atom. The van der Waals surface area contributed by atoms with Crippen LogP contribution in [-0.2, 0) is 26.2 Å². The molecule has 10 nitrogen and oxygen atoms in total. The number of carbonyl (C=O) groups is 2. The van der Waals surface area contributed by atoms with E-state index in [-0.39, 0.29) is 32.2 Å². The van der Waals surface area contributed by atoms with Gasteiger partial charge in [-0.15, -0.1) is 0 Å². The number of amides is 2. The molecule has 2 fully saturated rings. The first-order chi connectivity index (χ1) is 14.5. The minimum absolute atomic E-state index is 0.0368. The zero-order chi connectivity index (χ0) is 22.8. The molecule has 2 amide bonds. The SMILES string of the molecule is Cc1ccc(COC2CCN(S(=O)(=O)C3CCN(C(N)=O)CC3(O)C(=O)O)CC2)cc1. The first-order valence-corrected chi connectivity index (χ1v) is 11.7. The van der Waals surface area contributed by atoms with Gasteiger partial charge in [-0.25, -0.2) is 22.3 Å². The molecule has 2 atom stereocenters. The van der Waals surface area contributed by atoms with Crippen LogP contribution < -0.4 is 5.73 Å². The number of primary amides is 1. The zero-order valence-electron chi connectivity index (χ0n) is 17.4. The fourth-order valence-electron chi connectivity index (χ4n) is 4.10. The summed E-state index contributed by atoms with van der Waals surface area (Å²) in [4.78, 5) is 24.1. The molecule has 11 heteroatoms. The number of aliphatic hydroxyl groups is 1. The van der Waals surface area contributed by atoms with Crippen molar-refractivity contribution in [2.75, 3.05) is 26.2 Å². The van der Waals surface area contributed by atoms with Gasteiger partial charge in [-0.2, -0.15) is 0 Å². The summed E-state index contributed by atoms with van der Waals surface area (Å²) in [7, 11) is -4.11. The van der Waals surface area contributed by atoms with Crippen LogP contribution in [0.4, 0.5) is 4.79 Å². The lowest BCUT2D eigenvalue weighted by molar-refractivity contribution is -0.162. The summed E-state index contributed by atoms with van der Waals surface area (Å²) in [5.74, 6) is -1.69. The fraction of sp³-hybridized carbons (Fsp3) is 0.600. The molecule has 1 aromatic rings. The maximum absolute atomic E-state index is 13.2. The Morgan fingerprint density at radius 1 is 1.16 bits per heavy atom. The van der Waals surface area contributed by atoms with Crippen molar-refractivity contribution in [3.05, 3.63) is 35.4 Å². The summed E-state index contributed by atoms with van der Waals surface area (Å²) in [6.45, 7) is 2.08. The number of hydrogen-bond donors (Lipinski definition) is 3. The standard InChI is InChI=1S/C20H29N3O7S/c1-14-2-4-15(5-3-14)12-30-16-6-10-23(11-7-16)31(28,29)17-8-9-22(19(21)26)13-20(17,27)18(24)25/h2-5,16-17,27H,6-13H2,1H3,(H2,21,26)(H,24,25). The normalized spacial score (nSPS) is 26.0. The molecular weight excluding hydrogens is 426 g/mol. The second-order valence-corrected chi connectivity index (χ2v) is 10.3. The maximum atomic E-state index is 13.2. The number of carboxylic acid groups (broad SMARTS) is 1. The number of nitrogens with two attached hydrogens (primary N) is 1. The molecular formula is C20H29N3O7S. The summed E-state index contributed by atoms with van der Waals surface area (Å²) >= 11 is 0. The Hall–Kier alpha value is -2.21. The minimum atomic E-state index is -4.11. The number of ether oxygens (including phenoxy) is 1. The fourth-order valence-corrected chi connectivity index (χ4v) is 6.26. The number of urea groups is 1. The van der Waals surface area contributed by atoms with E-state index in [9.17, 15) is 28.2 Å². The third kappa shape index (κ3) is 5.00. The molecule has 0 bridgehead atoms. The molecule has 0 radical (unpaired) electrons. The predicted octanol–water partition coefficient (Wildman–Crippen LogP) is 0.275. The van der Waals surface area contributed by atoms with Gasteiger partial charge in [-0.3, -0.25) is 0 Å². The van der Waals surface area contributed by atoms with Crippen molar-refractivity contribution in [3.8, 4) is 0 Å². The number of likely N-dealkylation sites (tertiary alicyclic amines) is 1. The second-order valence-electron chi connectivity index (χ2n) is 8.21. The lowest BCUT2D eigenvalue weighted by atomic mass is 9.92. The molecule has 2 heterocycles. The van der Waals surface area contributed by atoms with Crippen molar-refractivity contribution in [2.24, 2.45) is 5.73 Å². The number of hydrogen-bond acceptors (Lipinski definition) is 6. The van der Waals surface area contributed by atoms with E-state index in [1.807, 2.05) is 31.2 Å². The molecule has 2 aliphatic rings. The summed E-state index contributed by atoms with van der Waals surface area (Å²) < 4.78 is 33.5. The van der Waals surface area contributed by atoms with Crippen LogP contribution in [0.2, 0.25) is 0 Å². The van der Waals surface area contributed by atoms with E-state index >= 15 is 0 Å². The molecule has 2 saturated heterocycles. The van der Waals surface area contributed by atoms with Gasteiger partial charge >= 0.3 is 12.0 Å². The highest BCUT2D eigenvalue weighted by atomic mass is 32.2. The Balaban J connectivity index is 1.62. The largest absolute Gasteiger partial charge is 0.479 e. The highest BCUT2D eigenvalue weighted by Gasteiger charge is 2.56. The number of rotatable bonds is 6. The van der Waals surface area contributed by atoms with E-state index in [1.165, 1.54) is 4.31 Å². The topological polar surface area (TPSA) is 150 Å². The van der Waals surface area contributed by atoms with Crippen molar-refractivity contribution in [3.63, 3.8) is 0 Å². The Morgan fingerprint density at radius 3 is 2.32 bits per heavy atom. The number of carboxylic acids is 1. The summed E-state index contributed by atoms with van der Waals surface area (Å²) in [6, 6.07) is 7.07. The van der Waals surface area contributed by atoms with Gasteiger partial charge in [0.2, 0.25) is 10.0 Å². The van der Waals surface area contributed by atoms with Gasteiger partial charge in [0.15, 0.2) is 5.60 Å². The van der Waals surface area contributed by atoms with Gasteiger partial charge in [-0.1, -0.05) is 29.8 Å². The van der Waals surface area contributed by atoms with Crippen molar-refractivity contribution in [1.82, 2.24) is 9.21 Å². The third-order valence-electron chi connectivity index (χ3n) is 6.03. The first-order valence-electron chi connectivity index (χ1n) is 10.2. The second kappa shape index (κ2) is 9.11. The highest BCUT2D eigenvalue weighted by Crippen LogP contribution is 2.32. The zero-order valence-corrected chi connectivity index (χ0v) is 18.3. The average Bonchev–Trinajstić information content (AvgIpc) is 2.73. The van der Waals surface area contributed by atoms with Gasteiger partial charge in [-0.05, 0) is 31.7 Å². The van der Waals surface area contributed by atoms with E-state index < -0.39 is 39.4 Å². The highest BCUT2D eigenvalue weighted by molar-refractivity contribution is 7.89. The van der Waals surface area contributed by atoms with Crippen LogP contribution in [0.1, 0.15) is 30.4 Å². The first kappa shape index (κ1) is 23.5. The lowest BCUT2D eigenvalue weighted by Crippen LogP contribution is -2.67. The van der Waals surface area contributed by atoms with E-state index in [0.29, 0.717) is 19.4 Å². The van der Waals surface area contributed by atoms with E-state index in [2.05, 4.69) is 0 Å². The van der Waals surface area contributed by atoms with Gasteiger partial charge in [0.1, 0.15) is 5.25 Å². The monoisotopic (exact) mass is 455 g/mol. The number of benzene rings is 1. The van der Waals surface area contributed by atoms with E-state index in [1.54, 1.807) is 0 Å². The van der Waals surface area contributed by atoms with Gasteiger partial charge < -0.3 is 25.6 Å². The quantitative estimate of drug-likeness (QED) is 0.557. The molecule has 0 spiro atoms. The molecule has 0 saturated carbocycles. The number of aliphatic carboxylic acids is 1. The van der Waals surface area contributed by atoms with Crippen LogP contribution in [0, 0.1) is 6.92 Å². The van der Waals surface area contributed by atoms with E-state index in [0.717, 1.165) is 16.0 Å². The van der Waals surface area contributed by atoms with Crippen molar-refractivity contribution < 1.29 is 33.0 Å². The van der Waals surface area contributed by atoms with Gasteiger partial charge in [0.05, 0.1) is 19.3 Å². The number of piperidine rings is 2. The van der Waals surface area contributed by atoms with Crippen LogP contribution in [0.5, 0.6) is 0 Å². The molecule has 3 rings (SSSR count). The number of β-amino-alcohol motifs (C(OH)–C–C–N with tert-alkyl or cyclic N) is 1. The molecule has 4 N–H and O–H groups in total. The van der Waals surface area contributed by atoms with Gasteiger partial charge in [0.25, 0.3) is 0 Å². The van der Waals surface area contributed by atoms with Gasteiger partial charge in [0, 0.05) is 19.6 Å². The molecule has 2 unspecified atom stereocenters. The molecule has 172 valence electrons. The molecule has 0 aromatic heterocycles. The van der Waals surface area contributed by atoms with E-state index in [4.69, 9.17) is 10.5 Å². The van der Waals surface area contributed by atoms with Crippen LogP contribution >= 0.6 is 0 Å². The van der Waals surface area contributed by atoms with Crippen molar-refractivity contribution >= 4 is 22.0 Å². The molecule has 2 aliphatic heterocycles. The van der Waals surface area contributed by atoms with Crippen LogP contribution in [-0.4, -0.2) is 83.0 Å². The van der Waals surface area contributed by atoms with Crippen LogP contribution in [0.15, 0.2) is 24.3 Å². The van der Waals surface area contributed by atoms with Crippen LogP contribution in [0.3, 0.4) is 0 Å². The molecule has 0 aliphatic carbocycles. The number of carbonyl (C=O) groups excluding carboxylic acids is 1. The van der Waals surface area contributed by atoms with Crippen molar-refractivity contribution in [2.45, 2.75) is 49.7 Å². The third-order valence-corrected chi connectivity index (χ3v) is 8.46. The smallest absolute Gasteiger partial charge is 0.339 e. The maximum Gasteiger partial charge on any atom is 0.339 e. The predicted molar refractivity (Wildman–Crippen MR) is 112 cm³/mol. The summed E-state index contributed by atoms with van der Waals surface area (Å²) in [6.07, 6.45) is 0.619. The number of aryl methyl sites for hydroxylation is 1. The summed E-state index contributed by atoms with van der Waals surface area (Å²) in [5, 5.41) is 18.7. The molecule has 1 aromatic carbocycles. The Labute approximate surface area is 181 Å². The molecule has 31 heavy (non-hydrogen) atoms. The number of sulfonamides is 1. The van der Waals surface area contributed by atoms with Crippen molar-refractivity contribution in [1.29, 1.82) is 0 Å². The lowest BCUT2D eigenvalue weighted by Gasteiger charge is -2.43. The Kier molecular flexibility index (Phi) is 6.89. The van der Waals surface area contributed by atoms with Crippen LogP contribution in [0.25, 0.3) is 0 Å². The average molecular weight is 456 g/mol. The minimum Gasteiger partial charge on any atom is -0.479 e. The Bertz CT molecular complexity index is 913. The number of nitrogens with zero attached hydrogens (tertiary/aromatic N) is 2.